The third kappa shape index (κ3) is 4.90. The van der Waals surface area contributed by atoms with Gasteiger partial charge in [-0.15, -0.1) is 0 Å². The minimum absolute atomic E-state index is 0.659. The predicted molar refractivity (Wildman–Crippen MR) is 112 cm³/mol. The van der Waals surface area contributed by atoms with E-state index < -0.39 is 11.2 Å². The maximum Gasteiger partial charge on any atom is 0.148 e. The Bertz CT molecular complexity index is 951. The molecule has 0 aromatic heterocycles. The highest BCUT2D eigenvalue weighted by molar-refractivity contribution is 5.43. The van der Waals surface area contributed by atoms with E-state index in [0.717, 1.165) is 11.1 Å². The Balaban J connectivity index is 1.81. The number of rotatable bonds is 2. The molecule has 28 heavy (non-hydrogen) atoms. The van der Waals surface area contributed by atoms with E-state index in [1.807, 2.05) is 60.7 Å². The van der Waals surface area contributed by atoms with Crippen molar-refractivity contribution in [2.75, 3.05) is 0 Å². The zero-order valence-electron chi connectivity index (χ0n) is 16.0. The highest BCUT2D eigenvalue weighted by Gasteiger charge is 2.23. The average Bonchev–Trinajstić information content (AvgIpc) is 2.73. The van der Waals surface area contributed by atoms with Crippen LogP contribution in [0.4, 0.5) is 0 Å². The van der Waals surface area contributed by atoms with Gasteiger partial charge in [0.2, 0.25) is 0 Å². The largest absolute Gasteiger partial charge is 0.374 e. The van der Waals surface area contributed by atoms with Crippen molar-refractivity contribution in [1.29, 1.82) is 0 Å². The van der Waals surface area contributed by atoms with E-state index in [-0.39, 0.29) is 0 Å². The molecule has 138 valence electrons. The van der Waals surface area contributed by atoms with Crippen molar-refractivity contribution < 1.29 is 10.2 Å². The van der Waals surface area contributed by atoms with Crippen molar-refractivity contribution in [1.82, 2.24) is 0 Å². The number of hydrogen-bond acceptors (Lipinski definition) is 2. The summed E-state index contributed by atoms with van der Waals surface area (Å²) in [7, 11) is 0. The quantitative estimate of drug-likeness (QED) is 0.667. The summed E-state index contributed by atoms with van der Waals surface area (Å²) in [6.07, 6.45) is 0. The Kier molecular flexibility index (Phi) is 5.67. The van der Waals surface area contributed by atoms with Crippen LogP contribution < -0.4 is 0 Å². The molecule has 3 aromatic carbocycles. The van der Waals surface area contributed by atoms with Gasteiger partial charge >= 0.3 is 0 Å². The smallest absolute Gasteiger partial charge is 0.148 e. The normalized spacial score (nSPS) is 14.4. The van der Waals surface area contributed by atoms with Crippen molar-refractivity contribution in [3.63, 3.8) is 0 Å². The molecule has 2 nitrogen and oxygen atoms in total. The van der Waals surface area contributed by atoms with Gasteiger partial charge in [0.15, 0.2) is 0 Å². The van der Waals surface area contributed by atoms with Crippen LogP contribution in [0.15, 0.2) is 84.9 Å². The maximum atomic E-state index is 10.7. The first-order valence-electron chi connectivity index (χ1n) is 9.09. The molecule has 0 heterocycles. The van der Waals surface area contributed by atoms with Crippen LogP contribution in [0.5, 0.6) is 0 Å². The molecule has 0 aliphatic rings. The first kappa shape index (κ1) is 19.5. The Hall–Kier alpha value is -3.30. The second kappa shape index (κ2) is 8.15. The summed E-state index contributed by atoms with van der Waals surface area (Å²) in [4.78, 5) is 0. The van der Waals surface area contributed by atoms with E-state index >= 15 is 0 Å². The lowest BCUT2D eigenvalue weighted by Crippen LogP contribution is -2.21. The van der Waals surface area contributed by atoms with Gasteiger partial charge in [0.1, 0.15) is 11.2 Å². The molecule has 0 unspecified atom stereocenters. The SMILES string of the molecule is C[C@](O)(C#Cc1ccccc1)c1ccc([C@@](C)(O)C#Cc2ccccc2)cc1. The van der Waals surface area contributed by atoms with Gasteiger partial charge in [-0.2, -0.15) is 0 Å². The molecule has 2 atom stereocenters. The molecule has 0 saturated heterocycles. The van der Waals surface area contributed by atoms with Gasteiger partial charge in [-0.1, -0.05) is 84.3 Å². The van der Waals surface area contributed by atoms with Gasteiger partial charge in [0.25, 0.3) is 0 Å². The summed E-state index contributed by atoms with van der Waals surface area (Å²) < 4.78 is 0. The molecule has 0 radical (unpaired) electrons. The van der Waals surface area contributed by atoms with Crippen LogP contribution in [0.3, 0.4) is 0 Å². The Morgan fingerprint density at radius 1 is 0.536 bits per heavy atom. The lowest BCUT2D eigenvalue weighted by Gasteiger charge is -2.21. The Morgan fingerprint density at radius 2 is 0.857 bits per heavy atom. The van der Waals surface area contributed by atoms with Crippen molar-refractivity contribution in [3.8, 4) is 23.7 Å². The number of benzene rings is 3. The Morgan fingerprint density at radius 3 is 1.18 bits per heavy atom. The number of hydrogen-bond donors (Lipinski definition) is 2. The van der Waals surface area contributed by atoms with Crippen molar-refractivity contribution in [2.24, 2.45) is 0 Å². The van der Waals surface area contributed by atoms with E-state index in [0.29, 0.717) is 11.1 Å². The minimum atomic E-state index is -1.30. The molecule has 3 rings (SSSR count). The van der Waals surface area contributed by atoms with Gasteiger partial charge in [-0.3, -0.25) is 0 Å². The van der Waals surface area contributed by atoms with Crippen LogP contribution in [0.25, 0.3) is 0 Å². The molecular weight excluding hydrogens is 344 g/mol. The average molecular weight is 366 g/mol. The van der Waals surface area contributed by atoms with Crippen LogP contribution in [0, 0.1) is 23.7 Å². The fraction of sp³-hybridized carbons (Fsp3) is 0.154. The standard InChI is InChI=1S/C26H22O2/c1-25(27,19-17-21-9-5-3-6-10-21)23-13-15-24(16-14-23)26(2,28)20-18-22-11-7-4-8-12-22/h3-16,27-28H,1-2H3/t25-,26-/m0/s1. The summed E-state index contributed by atoms with van der Waals surface area (Å²) in [5, 5.41) is 21.5. The minimum Gasteiger partial charge on any atom is -0.374 e. The molecular formula is C26H22O2. The number of aliphatic hydroxyl groups is 2. The second-order valence-electron chi connectivity index (χ2n) is 6.95. The third-order valence-electron chi connectivity index (χ3n) is 4.46. The molecule has 3 aromatic rings. The predicted octanol–water partition coefficient (Wildman–Crippen LogP) is 4.21. The van der Waals surface area contributed by atoms with Gasteiger partial charge in [0, 0.05) is 11.1 Å². The van der Waals surface area contributed by atoms with Gasteiger partial charge in [0.05, 0.1) is 0 Å². The highest BCUT2D eigenvalue weighted by atomic mass is 16.3. The van der Waals surface area contributed by atoms with Crippen LogP contribution in [-0.2, 0) is 11.2 Å². The lowest BCUT2D eigenvalue weighted by molar-refractivity contribution is 0.118. The molecule has 0 saturated carbocycles. The van der Waals surface area contributed by atoms with E-state index in [9.17, 15) is 10.2 Å². The zero-order valence-corrected chi connectivity index (χ0v) is 16.0. The molecule has 0 aliphatic heterocycles. The lowest BCUT2D eigenvalue weighted by atomic mass is 9.90. The van der Waals surface area contributed by atoms with Crippen molar-refractivity contribution >= 4 is 0 Å². The van der Waals surface area contributed by atoms with E-state index in [1.165, 1.54) is 0 Å². The summed E-state index contributed by atoms with van der Waals surface area (Å²) in [6.45, 7) is 3.32. The van der Waals surface area contributed by atoms with Crippen LogP contribution in [0.1, 0.15) is 36.1 Å². The van der Waals surface area contributed by atoms with Crippen LogP contribution in [-0.4, -0.2) is 10.2 Å². The van der Waals surface area contributed by atoms with E-state index in [1.54, 1.807) is 38.1 Å². The summed E-state index contributed by atoms with van der Waals surface area (Å²) in [5.41, 5.74) is 0.418. The van der Waals surface area contributed by atoms with Gasteiger partial charge in [-0.05, 0) is 49.2 Å². The summed E-state index contributed by atoms with van der Waals surface area (Å²) >= 11 is 0. The van der Waals surface area contributed by atoms with Gasteiger partial charge in [-0.25, -0.2) is 0 Å². The highest BCUT2D eigenvalue weighted by Crippen LogP contribution is 2.25. The first-order valence-corrected chi connectivity index (χ1v) is 9.09. The molecule has 0 fully saturated rings. The fourth-order valence-corrected chi connectivity index (χ4v) is 2.69. The molecule has 0 amide bonds. The topological polar surface area (TPSA) is 40.5 Å². The second-order valence-corrected chi connectivity index (χ2v) is 6.95. The molecule has 0 bridgehead atoms. The summed E-state index contributed by atoms with van der Waals surface area (Å²) in [5.74, 6) is 11.8. The Labute approximate surface area is 166 Å². The monoisotopic (exact) mass is 366 g/mol. The van der Waals surface area contributed by atoms with E-state index in [4.69, 9.17) is 0 Å². The summed E-state index contributed by atoms with van der Waals surface area (Å²) in [6, 6.07) is 26.2. The van der Waals surface area contributed by atoms with Crippen LogP contribution >= 0.6 is 0 Å². The van der Waals surface area contributed by atoms with Gasteiger partial charge < -0.3 is 10.2 Å². The fourth-order valence-electron chi connectivity index (χ4n) is 2.69. The third-order valence-corrected chi connectivity index (χ3v) is 4.46. The van der Waals surface area contributed by atoms with Crippen LogP contribution in [0.2, 0.25) is 0 Å². The van der Waals surface area contributed by atoms with Crippen molar-refractivity contribution in [3.05, 3.63) is 107 Å². The molecule has 0 aliphatic carbocycles. The van der Waals surface area contributed by atoms with E-state index in [2.05, 4.69) is 23.7 Å². The zero-order chi connectivity index (χ0) is 20.0. The molecule has 2 N–H and O–H groups in total. The molecule has 2 heteroatoms. The first-order chi connectivity index (χ1) is 13.4. The van der Waals surface area contributed by atoms with Crippen molar-refractivity contribution in [2.45, 2.75) is 25.0 Å². The molecule has 0 spiro atoms. The maximum absolute atomic E-state index is 10.7.